The highest BCUT2D eigenvalue weighted by Crippen LogP contribution is 2.21. The summed E-state index contributed by atoms with van der Waals surface area (Å²) in [6.45, 7) is 4.96. The number of aliphatic hydroxyl groups excluding tert-OH is 1. The van der Waals surface area contributed by atoms with Gasteiger partial charge >= 0.3 is 0 Å². The van der Waals surface area contributed by atoms with Gasteiger partial charge in [0.15, 0.2) is 11.6 Å². The second-order valence-electron chi connectivity index (χ2n) is 5.42. The van der Waals surface area contributed by atoms with Crippen LogP contribution < -0.4 is 0 Å². The van der Waals surface area contributed by atoms with Gasteiger partial charge in [-0.3, -0.25) is 9.80 Å². The van der Waals surface area contributed by atoms with Crippen LogP contribution in [0.25, 0.3) is 0 Å². The summed E-state index contributed by atoms with van der Waals surface area (Å²) in [6.07, 6.45) is -0.167. The smallest absolute Gasteiger partial charge is 0.159 e. The Labute approximate surface area is 111 Å². The molecular formula is C14H18F2N2O. The number of fused-ring (bicyclic) bond motifs is 3. The highest BCUT2D eigenvalue weighted by molar-refractivity contribution is 5.19. The average Bonchev–Trinajstić information content (AvgIpc) is 2.44. The molecule has 0 spiro atoms. The Morgan fingerprint density at radius 2 is 1.89 bits per heavy atom. The number of hydrogen-bond acceptors (Lipinski definition) is 3. The molecule has 2 bridgehead atoms. The standard InChI is InChI=1S/C14H18F2N2O/c15-11-2-1-10(7-12(11)16)8-14(19)13-9-17-3-5-18(13)6-4-17/h1-2,7,13-14,19H,3-6,8-9H2. The molecule has 3 heterocycles. The van der Waals surface area contributed by atoms with Gasteiger partial charge in [0.2, 0.25) is 0 Å². The molecule has 4 rings (SSSR count). The largest absolute Gasteiger partial charge is 0.391 e. The fourth-order valence-corrected chi connectivity index (χ4v) is 3.07. The van der Waals surface area contributed by atoms with Crippen molar-refractivity contribution in [3.05, 3.63) is 35.4 Å². The van der Waals surface area contributed by atoms with Gasteiger partial charge in [-0.25, -0.2) is 8.78 Å². The second-order valence-corrected chi connectivity index (χ2v) is 5.42. The van der Waals surface area contributed by atoms with Crippen LogP contribution in [0.15, 0.2) is 18.2 Å². The van der Waals surface area contributed by atoms with Crippen molar-refractivity contribution >= 4 is 0 Å². The van der Waals surface area contributed by atoms with E-state index in [9.17, 15) is 13.9 Å². The fraction of sp³-hybridized carbons (Fsp3) is 0.571. The summed E-state index contributed by atoms with van der Waals surface area (Å²) in [4.78, 5) is 4.64. The molecule has 2 atom stereocenters. The van der Waals surface area contributed by atoms with E-state index >= 15 is 0 Å². The number of hydrogen-bond donors (Lipinski definition) is 1. The zero-order chi connectivity index (χ0) is 13.4. The van der Waals surface area contributed by atoms with E-state index in [1.807, 2.05) is 0 Å². The molecule has 1 aromatic carbocycles. The van der Waals surface area contributed by atoms with Crippen LogP contribution in [0.3, 0.4) is 0 Å². The SMILES string of the molecule is OC(Cc1ccc(F)c(F)c1)C1CN2CCN1CC2. The van der Waals surface area contributed by atoms with E-state index in [-0.39, 0.29) is 6.04 Å². The molecule has 0 aliphatic carbocycles. The molecule has 0 aromatic heterocycles. The highest BCUT2D eigenvalue weighted by Gasteiger charge is 2.35. The van der Waals surface area contributed by atoms with Crippen LogP contribution in [0.2, 0.25) is 0 Å². The first-order valence-electron chi connectivity index (χ1n) is 6.72. The molecule has 5 heteroatoms. The van der Waals surface area contributed by atoms with Crippen LogP contribution in [0, 0.1) is 11.6 Å². The molecular weight excluding hydrogens is 250 g/mol. The first-order chi connectivity index (χ1) is 9.13. The number of benzene rings is 1. The third-order valence-electron chi connectivity index (χ3n) is 4.19. The lowest BCUT2D eigenvalue weighted by atomic mass is 9.97. The van der Waals surface area contributed by atoms with Gasteiger partial charge in [-0.05, 0) is 17.7 Å². The third kappa shape index (κ3) is 2.63. The Bertz CT molecular complexity index is 461. The van der Waals surface area contributed by atoms with Crippen molar-refractivity contribution in [2.75, 3.05) is 32.7 Å². The van der Waals surface area contributed by atoms with E-state index < -0.39 is 17.7 Å². The summed E-state index contributed by atoms with van der Waals surface area (Å²) >= 11 is 0. The van der Waals surface area contributed by atoms with Gasteiger partial charge in [-0.1, -0.05) is 6.07 Å². The molecule has 3 saturated heterocycles. The van der Waals surface area contributed by atoms with Gasteiger partial charge in [0, 0.05) is 45.2 Å². The minimum atomic E-state index is -0.848. The van der Waals surface area contributed by atoms with Crippen molar-refractivity contribution in [3.63, 3.8) is 0 Å². The lowest BCUT2D eigenvalue weighted by Gasteiger charge is -2.49. The average molecular weight is 268 g/mol. The Morgan fingerprint density at radius 1 is 1.16 bits per heavy atom. The summed E-state index contributed by atoms with van der Waals surface area (Å²) in [7, 11) is 0. The highest BCUT2D eigenvalue weighted by atomic mass is 19.2. The number of nitrogens with zero attached hydrogens (tertiary/aromatic N) is 2. The van der Waals surface area contributed by atoms with Crippen molar-refractivity contribution < 1.29 is 13.9 Å². The van der Waals surface area contributed by atoms with E-state index in [1.165, 1.54) is 6.07 Å². The van der Waals surface area contributed by atoms with Gasteiger partial charge in [0.25, 0.3) is 0 Å². The van der Waals surface area contributed by atoms with Crippen molar-refractivity contribution in [1.82, 2.24) is 9.80 Å². The van der Waals surface area contributed by atoms with Crippen LogP contribution in [-0.2, 0) is 6.42 Å². The van der Waals surface area contributed by atoms with Crippen molar-refractivity contribution in [3.8, 4) is 0 Å². The predicted molar refractivity (Wildman–Crippen MR) is 67.9 cm³/mol. The molecule has 0 amide bonds. The lowest BCUT2D eigenvalue weighted by Crippen LogP contribution is -2.64. The van der Waals surface area contributed by atoms with Crippen LogP contribution in [0.5, 0.6) is 0 Å². The van der Waals surface area contributed by atoms with Crippen LogP contribution in [-0.4, -0.2) is 59.8 Å². The first-order valence-corrected chi connectivity index (χ1v) is 6.72. The van der Waals surface area contributed by atoms with Crippen LogP contribution in [0.4, 0.5) is 8.78 Å². The van der Waals surface area contributed by atoms with Crippen LogP contribution >= 0.6 is 0 Å². The van der Waals surface area contributed by atoms with E-state index in [1.54, 1.807) is 6.07 Å². The summed E-state index contributed by atoms with van der Waals surface area (Å²) < 4.78 is 26.0. The molecule has 1 N–H and O–H groups in total. The Balaban J connectivity index is 1.67. The Kier molecular flexibility index (Phi) is 3.52. The van der Waals surface area contributed by atoms with Gasteiger partial charge in [-0.2, -0.15) is 0 Å². The minimum Gasteiger partial charge on any atom is -0.391 e. The minimum absolute atomic E-state index is 0.107. The molecule has 1 aromatic rings. The maximum absolute atomic E-state index is 13.1. The van der Waals surface area contributed by atoms with Gasteiger partial charge in [0.1, 0.15) is 0 Å². The first kappa shape index (κ1) is 13.0. The van der Waals surface area contributed by atoms with E-state index in [0.717, 1.165) is 38.8 Å². The van der Waals surface area contributed by atoms with Crippen molar-refractivity contribution in [2.45, 2.75) is 18.6 Å². The lowest BCUT2D eigenvalue weighted by molar-refractivity contribution is -0.0453. The molecule has 0 radical (unpaired) electrons. The summed E-state index contributed by atoms with van der Waals surface area (Å²) in [5.41, 5.74) is 0.643. The van der Waals surface area contributed by atoms with E-state index in [4.69, 9.17) is 0 Å². The normalized spacial score (nSPS) is 31.4. The van der Waals surface area contributed by atoms with E-state index in [2.05, 4.69) is 9.80 Å². The number of rotatable bonds is 3. The number of piperazine rings is 3. The zero-order valence-electron chi connectivity index (χ0n) is 10.7. The van der Waals surface area contributed by atoms with Crippen LogP contribution in [0.1, 0.15) is 5.56 Å². The molecule has 2 unspecified atom stereocenters. The molecule has 0 saturated carbocycles. The molecule has 3 aliphatic heterocycles. The molecule has 3 nitrogen and oxygen atoms in total. The molecule has 3 fully saturated rings. The maximum Gasteiger partial charge on any atom is 0.159 e. The molecule has 3 aliphatic rings. The zero-order valence-corrected chi connectivity index (χ0v) is 10.7. The molecule has 104 valence electrons. The topological polar surface area (TPSA) is 26.7 Å². The van der Waals surface area contributed by atoms with Gasteiger partial charge in [-0.15, -0.1) is 0 Å². The number of aliphatic hydroxyl groups is 1. The fourth-order valence-electron chi connectivity index (χ4n) is 3.07. The Hall–Kier alpha value is -1.04. The Morgan fingerprint density at radius 3 is 2.47 bits per heavy atom. The maximum atomic E-state index is 13.1. The third-order valence-corrected chi connectivity index (χ3v) is 4.19. The second kappa shape index (κ2) is 5.15. The predicted octanol–water partition coefficient (Wildman–Crippen LogP) is 0.868. The summed E-state index contributed by atoms with van der Waals surface area (Å²) in [5.74, 6) is -1.69. The van der Waals surface area contributed by atoms with Crippen molar-refractivity contribution in [2.24, 2.45) is 0 Å². The molecule has 19 heavy (non-hydrogen) atoms. The quantitative estimate of drug-likeness (QED) is 0.881. The summed E-state index contributed by atoms with van der Waals surface area (Å²) in [6, 6.07) is 3.94. The van der Waals surface area contributed by atoms with Gasteiger partial charge in [0.05, 0.1) is 6.10 Å². The van der Waals surface area contributed by atoms with Crippen molar-refractivity contribution in [1.29, 1.82) is 0 Å². The number of halogens is 2. The van der Waals surface area contributed by atoms with E-state index in [0.29, 0.717) is 12.0 Å². The summed E-state index contributed by atoms with van der Waals surface area (Å²) in [5, 5.41) is 10.3. The van der Waals surface area contributed by atoms with Gasteiger partial charge < -0.3 is 5.11 Å². The monoisotopic (exact) mass is 268 g/mol.